The Morgan fingerprint density at radius 1 is 1.09 bits per heavy atom. The van der Waals surface area contributed by atoms with Crippen molar-refractivity contribution < 1.29 is 12.8 Å². The number of halogens is 1. The lowest BCUT2D eigenvalue weighted by atomic mass is 10.1. The van der Waals surface area contributed by atoms with Gasteiger partial charge in [0.05, 0.1) is 0 Å². The molecule has 124 valence electrons. The minimum absolute atomic E-state index is 0.155. The molecule has 0 saturated heterocycles. The number of hydrogen-bond acceptors (Lipinski definition) is 3. The van der Waals surface area contributed by atoms with Crippen molar-refractivity contribution in [3.05, 3.63) is 65.5 Å². The van der Waals surface area contributed by atoms with Crippen LogP contribution in [0.1, 0.15) is 11.1 Å². The number of rotatable bonds is 7. The highest BCUT2D eigenvalue weighted by Gasteiger charge is 2.26. The number of hydrogen-bond donors (Lipinski definition) is 1. The highest BCUT2D eigenvalue weighted by atomic mass is 32.2. The van der Waals surface area contributed by atoms with E-state index in [9.17, 15) is 12.8 Å². The van der Waals surface area contributed by atoms with Crippen LogP contribution in [-0.4, -0.2) is 32.4 Å². The van der Waals surface area contributed by atoms with Crippen molar-refractivity contribution in [3.63, 3.8) is 0 Å². The largest absolute Gasteiger partial charge is 0.329 e. The predicted molar refractivity (Wildman–Crippen MR) is 89.1 cm³/mol. The summed E-state index contributed by atoms with van der Waals surface area (Å²) >= 11 is 0. The molecular formula is C17H21FN2O2S. The average molecular weight is 336 g/mol. The molecule has 0 aliphatic rings. The zero-order valence-electron chi connectivity index (χ0n) is 13.1. The van der Waals surface area contributed by atoms with Crippen LogP contribution in [0.25, 0.3) is 0 Å². The molecule has 23 heavy (non-hydrogen) atoms. The van der Waals surface area contributed by atoms with Crippen molar-refractivity contribution in [1.29, 1.82) is 0 Å². The molecule has 0 spiro atoms. The smallest absolute Gasteiger partial charge is 0.246 e. The van der Waals surface area contributed by atoms with Crippen molar-refractivity contribution in [2.24, 2.45) is 5.73 Å². The van der Waals surface area contributed by atoms with E-state index >= 15 is 0 Å². The van der Waals surface area contributed by atoms with E-state index < -0.39 is 15.8 Å². The van der Waals surface area contributed by atoms with Gasteiger partial charge in [-0.3, -0.25) is 0 Å². The number of sulfonamides is 1. The third-order valence-corrected chi connectivity index (χ3v) is 5.51. The first-order valence-corrected chi connectivity index (χ1v) is 8.89. The van der Waals surface area contributed by atoms with Gasteiger partial charge in [-0.05, 0) is 36.6 Å². The fraction of sp³-hybridized carbons (Fsp3) is 0.294. The first kappa shape index (κ1) is 17.6. The summed E-state index contributed by atoms with van der Waals surface area (Å²) in [5.41, 5.74) is 7.23. The van der Waals surface area contributed by atoms with E-state index in [1.807, 2.05) is 30.3 Å². The minimum Gasteiger partial charge on any atom is -0.329 e. The van der Waals surface area contributed by atoms with Gasteiger partial charge in [0.25, 0.3) is 0 Å². The van der Waals surface area contributed by atoms with E-state index in [1.165, 1.54) is 16.4 Å². The van der Waals surface area contributed by atoms with E-state index in [2.05, 4.69) is 0 Å². The molecule has 4 nitrogen and oxygen atoms in total. The Morgan fingerprint density at radius 3 is 2.39 bits per heavy atom. The summed E-state index contributed by atoms with van der Waals surface area (Å²) in [4.78, 5) is -0.301. The molecule has 0 saturated carbocycles. The summed E-state index contributed by atoms with van der Waals surface area (Å²) in [6.07, 6.45) is 0.549. The Balaban J connectivity index is 2.24. The second kappa shape index (κ2) is 7.68. The third-order valence-electron chi connectivity index (χ3n) is 3.58. The highest BCUT2D eigenvalue weighted by Crippen LogP contribution is 2.20. The summed E-state index contributed by atoms with van der Waals surface area (Å²) in [6, 6.07) is 13.7. The lowest BCUT2D eigenvalue weighted by Crippen LogP contribution is -2.37. The van der Waals surface area contributed by atoms with Crippen LogP contribution < -0.4 is 5.73 Å². The van der Waals surface area contributed by atoms with Gasteiger partial charge in [0, 0.05) is 19.6 Å². The summed E-state index contributed by atoms with van der Waals surface area (Å²) in [7, 11) is -3.90. The molecule has 0 atom stereocenters. The molecule has 2 aromatic rings. The van der Waals surface area contributed by atoms with Gasteiger partial charge < -0.3 is 5.73 Å². The molecule has 0 bridgehead atoms. The van der Waals surface area contributed by atoms with Crippen molar-refractivity contribution >= 4 is 10.0 Å². The van der Waals surface area contributed by atoms with Crippen LogP contribution in [0.5, 0.6) is 0 Å². The van der Waals surface area contributed by atoms with Crippen LogP contribution in [-0.2, 0) is 16.4 Å². The standard InChI is InChI=1S/C17H21FN2O2S/c1-14-7-8-17(16(18)13-14)23(21,22)20(12-10-19)11-9-15-5-3-2-4-6-15/h2-8,13H,9-12,19H2,1H3. The van der Waals surface area contributed by atoms with Gasteiger partial charge >= 0.3 is 0 Å². The monoisotopic (exact) mass is 336 g/mol. The molecule has 0 aliphatic carbocycles. The number of benzene rings is 2. The minimum atomic E-state index is -3.90. The molecule has 6 heteroatoms. The molecular weight excluding hydrogens is 315 g/mol. The zero-order chi connectivity index (χ0) is 16.9. The Labute approximate surface area is 136 Å². The quantitative estimate of drug-likeness (QED) is 0.844. The van der Waals surface area contributed by atoms with E-state index in [4.69, 9.17) is 5.73 Å². The van der Waals surface area contributed by atoms with Crippen LogP contribution in [0.15, 0.2) is 53.4 Å². The normalized spacial score (nSPS) is 11.8. The highest BCUT2D eigenvalue weighted by molar-refractivity contribution is 7.89. The molecule has 0 aromatic heterocycles. The third kappa shape index (κ3) is 4.37. The second-order valence-corrected chi connectivity index (χ2v) is 7.27. The predicted octanol–water partition coefficient (Wildman–Crippen LogP) is 2.33. The van der Waals surface area contributed by atoms with Gasteiger partial charge in [-0.2, -0.15) is 4.31 Å². The Kier molecular flexibility index (Phi) is 5.87. The molecule has 0 radical (unpaired) electrons. The summed E-state index contributed by atoms with van der Waals surface area (Å²) in [6.45, 7) is 2.31. The van der Waals surface area contributed by atoms with Crippen molar-refractivity contribution in [3.8, 4) is 0 Å². The molecule has 2 rings (SSSR count). The second-order valence-electron chi connectivity index (χ2n) is 5.36. The SMILES string of the molecule is Cc1ccc(S(=O)(=O)N(CCN)CCc2ccccc2)c(F)c1. The topological polar surface area (TPSA) is 63.4 Å². The van der Waals surface area contributed by atoms with Crippen LogP contribution in [0.4, 0.5) is 4.39 Å². The maximum Gasteiger partial charge on any atom is 0.246 e. The Bertz CT molecular complexity index is 748. The summed E-state index contributed by atoms with van der Waals surface area (Å²) < 4.78 is 40.7. The number of nitrogens with two attached hydrogens (primary N) is 1. The van der Waals surface area contributed by atoms with Crippen LogP contribution in [0.2, 0.25) is 0 Å². The average Bonchev–Trinajstić information content (AvgIpc) is 2.52. The van der Waals surface area contributed by atoms with E-state index in [-0.39, 0.29) is 24.5 Å². The van der Waals surface area contributed by atoms with Crippen LogP contribution in [0.3, 0.4) is 0 Å². The van der Waals surface area contributed by atoms with Gasteiger partial charge in [-0.25, -0.2) is 12.8 Å². The van der Waals surface area contributed by atoms with Crippen molar-refractivity contribution in [1.82, 2.24) is 4.31 Å². The molecule has 0 amide bonds. The molecule has 0 heterocycles. The van der Waals surface area contributed by atoms with Crippen molar-refractivity contribution in [2.75, 3.05) is 19.6 Å². The first-order valence-electron chi connectivity index (χ1n) is 7.45. The van der Waals surface area contributed by atoms with Gasteiger partial charge in [-0.15, -0.1) is 0 Å². The Hall–Kier alpha value is -1.76. The van der Waals surface area contributed by atoms with E-state index in [1.54, 1.807) is 13.0 Å². The molecule has 0 unspecified atom stereocenters. The van der Waals surface area contributed by atoms with Crippen molar-refractivity contribution in [2.45, 2.75) is 18.2 Å². The molecule has 2 N–H and O–H groups in total. The van der Waals surface area contributed by atoms with E-state index in [0.717, 1.165) is 5.56 Å². The maximum atomic E-state index is 14.1. The molecule has 0 fully saturated rings. The number of aryl methyl sites for hydroxylation is 1. The lowest BCUT2D eigenvalue weighted by molar-refractivity contribution is 0.417. The fourth-order valence-corrected chi connectivity index (χ4v) is 3.85. The molecule has 0 aliphatic heterocycles. The first-order chi connectivity index (χ1) is 10.9. The van der Waals surface area contributed by atoms with Crippen LogP contribution >= 0.6 is 0 Å². The van der Waals surface area contributed by atoms with Gasteiger partial charge in [0.15, 0.2) is 0 Å². The fourth-order valence-electron chi connectivity index (χ4n) is 2.35. The van der Waals surface area contributed by atoms with Gasteiger partial charge in [0.1, 0.15) is 10.7 Å². The molecule has 2 aromatic carbocycles. The van der Waals surface area contributed by atoms with E-state index in [0.29, 0.717) is 12.0 Å². The lowest BCUT2D eigenvalue weighted by Gasteiger charge is -2.22. The Morgan fingerprint density at radius 2 is 1.78 bits per heavy atom. The number of nitrogens with zero attached hydrogens (tertiary/aromatic N) is 1. The maximum absolute atomic E-state index is 14.1. The summed E-state index contributed by atoms with van der Waals surface area (Å²) in [5.74, 6) is -0.730. The summed E-state index contributed by atoms with van der Waals surface area (Å²) in [5, 5.41) is 0. The van der Waals surface area contributed by atoms with Gasteiger partial charge in [0.2, 0.25) is 10.0 Å². The van der Waals surface area contributed by atoms with Gasteiger partial charge in [-0.1, -0.05) is 36.4 Å². The zero-order valence-corrected chi connectivity index (χ0v) is 13.9. The van der Waals surface area contributed by atoms with Crippen LogP contribution in [0, 0.1) is 12.7 Å².